The predicted octanol–water partition coefficient (Wildman–Crippen LogP) is 0.979. The first kappa shape index (κ1) is 15.7. The van der Waals surface area contributed by atoms with E-state index >= 15 is 0 Å². The maximum absolute atomic E-state index is 12.7. The second-order valence-electron chi connectivity index (χ2n) is 5.33. The van der Waals surface area contributed by atoms with Gasteiger partial charge >= 0.3 is 5.69 Å². The third-order valence-corrected chi connectivity index (χ3v) is 3.83. The molecule has 1 atom stereocenters. The molecule has 0 aliphatic rings. The van der Waals surface area contributed by atoms with E-state index in [1.807, 2.05) is 6.07 Å². The van der Waals surface area contributed by atoms with Gasteiger partial charge in [0.1, 0.15) is 6.04 Å². The fourth-order valence-electron chi connectivity index (χ4n) is 2.67. The second-order valence-corrected chi connectivity index (χ2v) is 5.33. The minimum absolute atomic E-state index is 0.0918. The molecule has 1 amide bonds. The van der Waals surface area contributed by atoms with Gasteiger partial charge in [-0.1, -0.05) is 42.5 Å². The number of benzene rings is 2. The number of fused-ring (bicyclic) bond motifs is 1. The molecule has 1 aromatic heterocycles. The molecule has 3 N–H and O–H groups in total. The number of nitrogens with zero attached hydrogens (tertiary/aromatic N) is 1. The summed E-state index contributed by atoms with van der Waals surface area (Å²) in [5, 5.41) is 9.30. The summed E-state index contributed by atoms with van der Waals surface area (Å²) in [6.07, 6.45) is 0.0918. The van der Waals surface area contributed by atoms with Crippen LogP contribution in [0.5, 0.6) is 0 Å². The van der Waals surface area contributed by atoms with Crippen LogP contribution in [0, 0.1) is 0 Å². The summed E-state index contributed by atoms with van der Waals surface area (Å²) in [5.41, 5.74) is 1.40. The molecule has 3 rings (SSSR count). The van der Waals surface area contributed by atoms with Gasteiger partial charge in [0.2, 0.25) is 0 Å². The predicted molar refractivity (Wildman–Crippen MR) is 87.9 cm³/mol. The van der Waals surface area contributed by atoms with Gasteiger partial charge in [-0.05, 0) is 17.7 Å². The van der Waals surface area contributed by atoms with E-state index in [4.69, 9.17) is 5.21 Å². The number of hydrogen-bond donors (Lipinski definition) is 3. The van der Waals surface area contributed by atoms with Gasteiger partial charge in [0.15, 0.2) is 0 Å². The molecule has 0 aliphatic heterocycles. The van der Waals surface area contributed by atoms with Gasteiger partial charge in [0.05, 0.1) is 10.9 Å². The smallest absolute Gasteiger partial charge is 0.307 e. The van der Waals surface area contributed by atoms with Crippen molar-refractivity contribution in [1.82, 2.24) is 15.0 Å². The minimum atomic E-state index is -1.17. The molecule has 2 aromatic carbocycles. The Kier molecular flexibility index (Phi) is 4.26. The van der Waals surface area contributed by atoms with Gasteiger partial charge in [0.25, 0.3) is 11.5 Å². The lowest BCUT2D eigenvalue weighted by Gasteiger charge is -2.17. The highest BCUT2D eigenvalue weighted by molar-refractivity contribution is 5.81. The monoisotopic (exact) mass is 325 g/mol. The molecule has 1 heterocycles. The minimum Gasteiger partial charge on any atom is -0.307 e. The molecule has 7 nitrogen and oxygen atoms in total. The van der Waals surface area contributed by atoms with Crippen molar-refractivity contribution in [1.29, 1.82) is 0 Å². The van der Waals surface area contributed by atoms with Crippen molar-refractivity contribution in [3.8, 4) is 0 Å². The standard InChI is InChI=1S/C17H15N3O4/c21-15(19-24)14(10-11-6-2-1-3-7-11)20-16(22)12-8-4-5-9-13(12)18-17(20)23/h1-9,14,24H,10H2,(H,18,23)(H,19,21). The van der Waals surface area contributed by atoms with E-state index in [0.29, 0.717) is 10.9 Å². The Labute approximate surface area is 136 Å². The number of nitrogens with one attached hydrogen (secondary N) is 2. The van der Waals surface area contributed by atoms with Crippen LogP contribution in [0.2, 0.25) is 0 Å². The zero-order chi connectivity index (χ0) is 17.1. The van der Waals surface area contributed by atoms with Crippen LogP contribution in [-0.4, -0.2) is 20.7 Å². The number of aromatic nitrogens is 2. The lowest BCUT2D eigenvalue weighted by atomic mass is 10.1. The molecule has 0 saturated heterocycles. The van der Waals surface area contributed by atoms with Gasteiger partial charge in [-0.3, -0.25) is 14.8 Å². The molecule has 24 heavy (non-hydrogen) atoms. The van der Waals surface area contributed by atoms with Crippen molar-refractivity contribution in [2.24, 2.45) is 0 Å². The van der Waals surface area contributed by atoms with Crippen LogP contribution in [0.3, 0.4) is 0 Å². The van der Waals surface area contributed by atoms with E-state index in [1.54, 1.807) is 48.5 Å². The van der Waals surface area contributed by atoms with Crippen LogP contribution in [0.15, 0.2) is 64.2 Å². The van der Waals surface area contributed by atoms with Crippen LogP contribution < -0.4 is 16.7 Å². The maximum atomic E-state index is 12.7. The first-order chi connectivity index (χ1) is 11.6. The van der Waals surface area contributed by atoms with Crippen LogP contribution in [-0.2, 0) is 11.2 Å². The molecule has 0 radical (unpaired) electrons. The number of hydrogen-bond acceptors (Lipinski definition) is 4. The van der Waals surface area contributed by atoms with Crippen molar-refractivity contribution in [3.63, 3.8) is 0 Å². The first-order valence-electron chi connectivity index (χ1n) is 7.33. The number of rotatable bonds is 4. The average Bonchev–Trinajstić information content (AvgIpc) is 2.61. The summed E-state index contributed by atoms with van der Waals surface area (Å²) in [6.45, 7) is 0. The van der Waals surface area contributed by atoms with Gasteiger partial charge in [-0.15, -0.1) is 0 Å². The van der Waals surface area contributed by atoms with Crippen LogP contribution in [0.4, 0.5) is 0 Å². The molecular weight excluding hydrogens is 310 g/mol. The van der Waals surface area contributed by atoms with Gasteiger partial charge in [0, 0.05) is 6.42 Å². The quantitative estimate of drug-likeness (QED) is 0.491. The Morgan fingerprint density at radius 2 is 1.75 bits per heavy atom. The van der Waals surface area contributed by atoms with Crippen molar-refractivity contribution in [2.75, 3.05) is 0 Å². The normalized spacial score (nSPS) is 12.0. The van der Waals surface area contributed by atoms with Crippen molar-refractivity contribution in [3.05, 3.63) is 81.0 Å². The van der Waals surface area contributed by atoms with Crippen LogP contribution in [0.25, 0.3) is 10.9 Å². The number of aromatic amines is 1. The zero-order valence-electron chi connectivity index (χ0n) is 12.6. The Hall–Kier alpha value is -3.19. The number of carbonyl (C=O) groups is 1. The highest BCUT2D eigenvalue weighted by atomic mass is 16.5. The fraction of sp³-hybridized carbons (Fsp3) is 0.118. The Morgan fingerprint density at radius 1 is 1.08 bits per heavy atom. The van der Waals surface area contributed by atoms with Crippen LogP contribution >= 0.6 is 0 Å². The third kappa shape index (κ3) is 2.84. The molecule has 0 fully saturated rings. The lowest BCUT2D eigenvalue weighted by Crippen LogP contribution is -2.44. The Balaban J connectivity index is 2.18. The molecule has 1 unspecified atom stereocenters. The van der Waals surface area contributed by atoms with Crippen molar-refractivity contribution < 1.29 is 10.0 Å². The van der Waals surface area contributed by atoms with Crippen molar-refractivity contribution in [2.45, 2.75) is 12.5 Å². The Morgan fingerprint density at radius 3 is 2.46 bits per heavy atom. The average molecular weight is 325 g/mol. The highest BCUT2D eigenvalue weighted by Crippen LogP contribution is 2.13. The van der Waals surface area contributed by atoms with Crippen molar-refractivity contribution >= 4 is 16.8 Å². The molecule has 3 aromatic rings. The number of amides is 1. The molecule has 122 valence electrons. The SMILES string of the molecule is O=C(NO)C(Cc1ccccc1)n1c(=O)[nH]c2ccccc2c1=O. The van der Waals surface area contributed by atoms with E-state index in [0.717, 1.165) is 10.1 Å². The van der Waals surface area contributed by atoms with E-state index in [-0.39, 0.29) is 6.42 Å². The van der Waals surface area contributed by atoms with Gasteiger partial charge in [-0.25, -0.2) is 14.8 Å². The lowest BCUT2D eigenvalue weighted by molar-refractivity contribution is -0.132. The molecular formula is C17H15N3O4. The topological polar surface area (TPSA) is 104 Å². The number of hydroxylamine groups is 1. The molecule has 0 bridgehead atoms. The summed E-state index contributed by atoms with van der Waals surface area (Å²) in [5.74, 6) is -0.832. The third-order valence-electron chi connectivity index (χ3n) is 3.83. The van der Waals surface area contributed by atoms with Crippen LogP contribution in [0.1, 0.15) is 11.6 Å². The van der Waals surface area contributed by atoms with Gasteiger partial charge in [-0.2, -0.15) is 0 Å². The molecule has 0 aliphatic carbocycles. The summed E-state index contributed by atoms with van der Waals surface area (Å²) < 4.78 is 0.834. The van der Waals surface area contributed by atoms with Gasteiger partial charge < -0.3 is 4.98 Å². The number of carbonyl (C=O) groups excluding carboxylic acids is 1. The summed E-state index contributed by atoms with van der Waals surface area (Å²) in [7, 11) is 0. The number of para-hydroxylation sites is 1. The Bertz CT molecular complexity index is 992. The maximum Gasteiger partial charge on any atom is 0.329 e. The largest absolute Gasteiger partial charge is 0.329 e. The second kappa shape index (κ2) is 6.51. The summed E-state index contributed by atoms with van der Waals surface area (Å²) in [4.78, 5) is 39.7. The molecule has 7 heteroatoms. The number of H-pyrrole nitrogens is 1. The van der Waals surface area contributed by atoms with E-state index < -0.39 is 23.2 Å². The van der Waals surface area contributed by atoms with E-state index in [9.17, 15) is 14.4 Å². The molecule has 0 spiro atoms. The molecule has 0 saturated carbocycles. The summed E-state index contributed by atoms with van der Waals surface area (Å²) >= 11 is 0. The van der Waals surface area contributed by atoms with E-state index in [2.05, 4.69) is 4.98 Å². The highest BCUT2D eigenvalue weighted by Gasteiger charge is 2.25. The first-order valence-corrected chi connectivity index (χ1v) is 7.33. The fourth-order valence-corrected chi connectivity index (χ4v) is 2.67. The zero-order valence-corrected chi connectivity index (χ0v) is 12.6. The summed E-state index contributed by atoms with van der Waals surface area (Å²) in [6, 6.07) is 14.3. The van der Waals surface area contributed by atoms with E-state index in [1.165, 1.54) is 5.48 Å².